The molecule has 32 heavy (non-hydrogen) atoms. The average Bonchev–Trinajstić information content (AvgIpc) is 3.24. The van der Waals surface area contributed by atoms with Crippen LogP contribution in [0.25, 0.3) is 16.8 Å². The first-order valence-corrected chi connectivity index (χ1v) is 10.9. The molecule has 0 spiro atoms. The van der Waals surface area contributed by atoms with Gasteiger partial charge in [0, 0.05) is 49.9 Å². The molecular formula is C23H27N5O4. The number of piperidine rings is 1. The third-order valence-corrected chi connectivity index (χ3v) is 5.88. The summed E-state index contributed by atoms with van der Waals surface area (Å²) in [6.45, 7) is 3.86. The fraction of sp³-hybridized carbons (Fsp3) is 0.391. The van der Waals surface area contributed by atoms with E-state index in [0.29, 0.717) is 43.7 Å². The van der Waals surface area contributed by atoms with Gasteiger partial charge >= 0.3 is 0 Å². The van der Waals surface area contributed by atoms with E-state index in [1.54, 1.807) is 27.9 Å². The number of amides is 2. The molecule has 0 unspecified atom stereocenters. The number of likely N-dealkylation sites (tertiary alicyclic amines) is 1. The first-order valence-electron chi connectivity index (χ1n) is 10.9. The number of primary amides is 1. The highest BCUT2D eigenvalue weighted by Gasteiger charge is 2.25. The second-order valence-electron chi connectivity index (χ2n) is 7.92. The van der Waals surface area contributed by atoms with Crippen molar-refractivity contribution in [1.82, 2.24) is 19.1 Å². The van der Waals surface area contributed by atoms with Crippen LogP contribution in [0, 0.1) is 5.92 Å². The summed E-state index contributed by atoms with van der Waals surface area (Å²) in [4.78, 5) is 38.5. The van der Waals surface area contributed by atoms with Gasteiger partial charge in [-0.3, -0.25) is 14.4 Å². The Bertz CT molecular complexity index is 1170. The molecule has 4 rings (SSSR count). The average molecular weight is 438 g/mol. The van der Waals surface area contributed by atoms with Crippen LogP contribution in [0.3, 0.4) is 0 Å². The number of nitrogens with zero attached hydrogens (tertiary/aromatic N) is 4. The summed E-state index contributed by atoms with van der Waals surface area (Å²) in [7, 11) is 0. The van der Waals surface area contributed by atoms with E-state index in [2.05, 4.69) is 5.10 Å². The Morgan fingerprint density at radius 3 is 2.53 bits per heavy atom. The van der Waals surface area contributed by atoms with E-state index in [-0.39, 0.29) is 36.3 Å². The maximum absolute atomic E-state index is 12.9. The van der Waals surface area contributed by atoms with Crippen molar-refractivity contribution >= 4 is 17.3 Å². The van der Waals surface area contributed by atoms with Crippen LogP contribution >= 0.6 is 0 Å². The SMILES string of the molecule is CCOc1ccc(-c2cc3c(=O)n(CCC(=O)N4CCC(C(N)=O)CC4)ccn3n2)cc1. The molecule has 1 saturated heterocycles. The summed E-state index contributed by atoms with van der Waals surface area (Å²) in [5.41, 5.74) is 7.18. The predicted octanol–water partition coefficient (Wildman–Crippen LogP) is 1.68. The number of carbonyl (C=O) groups excluding carboxylic acids is 2. The normalized spacial score (nSPS) is 14.6. The van der Waals surface area contributed by atoms with Crippen LogP contribution in [-0.2, 0) is 16.1 Å². The molecule has 0 saturated carbocycles. The van der Waals surface area contributed by atoms with E-state index in [1.165, 1.54) is 4.57 Å². The van der Waals surface area contributed by atoms with Crippen LogP contribution in [0.1, 0.15) is 26.2 Å². The second kappa shape index (κ2) is 9.25. The van der Waals surface area contributed by atoms with Gasteiger partial charge in [0.15, 0.2) is 0 Å². The molecule has 2 aromatic heterocycles. The number of benzene rings is 1. The third-order valence-electron chi connectivity index (χ3n) is 5.88. The zero-order chi connectivity index (χ0) is 22.7. The molecule has 0 atom stereocenters. The maximum atomic E-state index is 12.9. The molecule has 1 aliphatic rings. The molecule has 0 aliphatic carbocycles. The number of aryl methyl sites for hydroxylation is 1. The van der Waals surface area contributed by atoms with Gasteiger partial charge < -0.3 is 19.9 Å². The molecule has 1 aromatic carbocycles. The van der Waals surface area contributed by atoms with Gasteiger partial charge in [0.25, 0.3) is 5.56 Å². The van der Waals surface area contributed by atoms with Crippen LogP contribution in [0.5, 0.6) is 5.75 Å². The third kappa shape index (κ3) is 4.51. The molecule has 0 radical (unpaired) electrons. The van der Waals surface area contributed by atoms with Gasteiger partial charge in [-0.1, -0.05) is 0 Å². The summed E-state index contributed by atoms with van der Waals surface area (Å²) in [5.74, 6) is 0.298. The molecule has 2 amide bonds. The summed E-state index contributed by atoms with van der Waals surface area (Å²) in [6, 6.07) is 9.32. The van der Waals surface area contributed by atoms with Gasteiger partial charge in [0.05, 0.1) is 12.3 Å². The van der Waals surface area contributed by atoms with Gasteiger partial charge in [0.1, 0.15) is 11.3 Å². The van der Waals surface area contributed by atoms with Gasteiger partial charge in [0.2, 0.25) is 11.8 Å². The monoisotopic (exact) mass is 437 g/mol. The zero-order valence-electron chi connectivity index (χ0n) is 18.1. The largest absolute Gasteiger partial charge is 0.494 e. The Morgan fingerprint density at radius 1 is 1.16 bits per heavy atom. The van der Waals surface area contributed by atoms with Crippen molar-refractivity contribution < 1.29 is 14.3 Å². The highest BCUT2D eigenvalue weighted by Crippen LogP contribution is 2.22. The maximum Gasteiger partial charge on any atom is 0.276 e. The summed E-state index contributed by atoms with van der Waals surface area (Å²) in [5, 5.41) is 4.50. The lowest BCUT2D eigenvalue weighted by Crippen LogP contribution is -2.42. The first kappa shape index (κ1) is 21.6. The van der Waals surface area contributed by atoms with Crippen LogP contribution in [0.4, 0.5) is 0 Å². The quantitative estimate of drug-likeness (QED) is 0.604. The van der Waals surface area contributed by atoms with Gasteiger partial charge in [-0.05, 0) is 50.1 Å². The van der Waals surface area contributed by atoms with Crippen LogP contribution in [-0.4, -0.2) is 50.6 Å². The fourth-order valence-corrected chi connectivity index (χ4v) is 4.02. The molecule has 3 aromatic rings. The Kier molecular flexibility index (Phi) is 6.25. The molecule has 1 fully saturated rings. The summed E-state index contributed by atoms with van der Waals surface area (Å²) < 4.78 is 8.56. The van der Waals surface area contributed by atoms with Crippen molar-refractivity contribution in [2.45, 2.75) is 32.7 Å². The molecule has 3 heterocycles. The van der Waals surface area contributed by atoms with Crippen LogP contribution in [0.2, 0.25) is 0 Å². The second-order valence-corrected chi connectivity index (χ2v) is 7.92. The van der Waals surface area contributed by atoms with E-state index in [9.17, 15) is 14.4 Å². The molecule has 2 N–H and O–H groups in total. The van der Waals surface area contributed by atoms with E-state index in [1.807, 2.05) is 31.2 Å². The summed E-state index contributed by atoms with van der Waals surface area (Å²) >= 11 is 0. The minimum atomic E-state index is -0.303. The minimum Gasteiger partial charge on any atom is -0.494 e. The van der Waals surface area contributed by atoms with Gasteiger partial charge in [-0.2, -0.15) is 5.10 Å². The number of fused-ring (bicyclic) bond motifs is 1. The Hall–Kier alpha value is -3.62. The number of rotatable bonds is 7. The van der Waals surface area contributed by atoms with E-state index in [4.69, 9.17) is 10.5 Å². The smallest absolute Gasteiger partial charge is 0.276 e. The minimum absolute atomic E-state index is 0.0247. The predicted molar refractivity (Wildman–Crippen MR) is 119 cm³/mol. The lowest BCUT2D eigenvalue weighted by Gasteiger charge is -2.30. The molecule has 168 valence electrons. The highest BCUT2D eigenvalue weighted by molar-refractivity contribution is 5.78. The Morgan fingerprint density at radius 2 is 1.88 bits per heavy atom. The number of nitrogens with two attached hydrogens (primary N) is 1. The molecular weight excluding hydrogens is 410 g/mol. The van der Waals surface area contributed by atoms with Gasteiger partial charge in [-0.15, -0.1) is 0 Å². The number of aromatic nitrogens is 3. The van der Waals surface area contributed by atoms with Gasteiger partial charge in [-0.25, -0.2) is 4.52 Å². The molecule has 1 aliphatic heterocycles. The van der Waals surface area contributed by atoms with Crippen molar-refractivity contribution in [3.63, 3.8) is 0 Å². The van der Waals surface area contributed by atoms with Crippen LogP contribution in [0.15, 0.2) is 47.5 Å². The highest BCUT2D eigenvalue weighted by atomic mass is 16.5. The van der Waals surface area contributed by atoms with E-state index < -0.39 is 0 Å². The standard InChI is InChI=1S/C23H27N5O4/c1-2-32-18-5-3-16(4-6-18)19-15-20-23(31)27(13-14-28(20)25-19)12-9-21(29)26-10-7-17(8-11-26)22(24)30/h3-6,13-15,17H,2,7-12H2,1H3,(H2,24,30). The number of carbonyl (C=O) groups is 2. The molecule has 0 bridgehead atoms. The van der Waals surface area contributed by atoms with Crippen molar-refractivity contribution in [2.24, 2.45) is 11.7 Å². The van der Waals surface area contributed by atoms with E-state index >= 15 is 0 Å². The van der Waals surface area contributed by atoms with Crippen LogP contribution < -0.4 is 16.0 Å². The molecule has 9 nitrogen and oxygen atoms in total. The number of hydrogen-bond acceptors (Lipinski definition) is 5. The number of ether oxygens (including phenoxy) is 1. The first-order chi connectivity index (χ1) is 15.5. The van der Waals surface area contributed by atoms with Crippen molar-refractivity contribution in [3.8, 4) is 17.0 Å². The number of hydrogen-bond donors (Lipinski definition) is 1. The Labute approximate surface area is 185 Å². The van der Waals surface area contributed by atoms with Crippen molar-refractivity contribution in [3.05, 3.63) is 53.1 Å². The lowest BCUT2D eigenvalue weighted by atomic mass is 9.96. The Balaban J connectivity index is 1.44. The van der Waals surface area contributed by atoms with Crippen molar-refractivity contribution in [2.75, 3.05) is 19.7 Å². The lowest BCUT2D eigenvalue weighted by molar-refractivity contribution is -0.135. The van der Waals surface area contributed by atoms with Crippen molar-refractivity contribution in [1.29, 1.82) is 0 Å². The molecule has 9 heteroatoms. The zero-order valence-corrected chi connectivity index (χ0v) is 18.1. The van der Waals surface area contributed by atoms with E-state index in [0.717, 1.165) is 11.3 Å². The topological polar surface area (TPSA) is 112 Å². The fourth-order valence-electron chi connectivity index (χ4n) is 4.02. The summed E-state index contributed by atoms with van der Waals surface area (Å²) in [6.07, 6.45) is 4.78.